The predicted octanol–water partition coefficient (Wildman–Crippen LogP) is 3.60. The molecule has 1 saturated heterocycles. The third-order valence-corrected chi connectivity index (χ3v) is 4.16. The zero-order valence-electron chi connectivity index (χ0n) is 12.6. The largest absolute Gasteiger partial charge is 0.444 e. The number of likely N-dealkylation sites (tertiary alicyclic amines) is 1. The van der Waals surface area contributed by atoms with E-state index >= 15 is 0 Å². The second-order valence-corrected chi connectivity index (χ2v) is 5.91. The van der Waals surface area contributed by atoms with Gasteiger partial charge in [0.25, 0.3) is 0 Å². The molecule has 2 aromatic rings. The molecule has 2 heterocycles. The summed E-state index contributed by atoms with van der Waals surface area (Å²) in [6, 6.07) is 8.19. The maximum atomic E-state index is 6.01. The lowest BCUT2D eigenvalue weighted by molar-refractivity contribution is 0.239. The van der Waals surface area contributed by atoms with Gasteiger partial charge in [0.15, 0.2) is 0 Å². The number of rotatable bonds is 5. The Morgan fingerprint density at radius 2 is 2.32 bits per heavy atom. The van der Waals surface area contributed by atoms with Crippen molar-refractivity contribution in [2.75, 3.05) is 20.1 Å². The lowest BCUT2D eigenvalue weighted by Gasteiger charge is -2.22. The Morgan fingerprint density at radius 3 is 3.09 bits per heavy atom. The van der Waals surface area contributed by atoms with Gasteiger partial charge < -0.3 is 9.73 Å². The van der Waals surface area contributed by atoms with Crippen molar-refractivity contribution >= 4 is 24.0 Å². The predicted molar refractivity (Wildman–Crippen MR) is 91.6 cm³/mol. The van der Waals surface area contributed by atoms with Crippen LogP contribution >= 0.6 is 24.0 Å². The maximum Gasteiger partial charge on any atom is 0.226 e. The summed E-state index contributed by atoms with van der Waals surface area (Å²) in [4.78, 5) is 7.06. The summed E-state index contributed by atoms with van der Waals surface area (Å²) in [7, 11) is 2.00. The van der Waals surface area contributed by atoms with Crippen LogP contribution in [0.1, 0.15) is 18.5 Å². The molecular formula is C16H21Cl2N3O. The molecule has 4 nitrogen and oxygen atoms in total. The molecule has 1 aliphatic heterocycles. The number of hydrogen-bond donors (Lipinski definition) is 1. The van der Waals surface area contributed by atoms with Crippen molar-refractivity contribution in [3.63, 3.8) is 0 Å². The number of likely N-dealkylation sites (N-methyl/N-ethyl adjacent to an activating group) is 1. The van der Waals surface area contributed by atoms with Crippen molar-refractivity contribution < 1.29 is 4.42 Å². The van der Waals surface area contributed by atoms with Gasteiger partial charge in [-0.15, -0.1) is 12.4 Å². The third-order valence-electron chi connectivity index (χ3n) is 3.93. The average Bonchev–Trinajstić information content (AvgIpc) is 3.10. The fourth-order valence-electron chi connectivity index (χ4n) is 2.91. The highest BCUT2D eigenvalue weighted by atomic mass is 35.5. The van der Waals surface area contributed by atoms with Gasteiger partial charge in [-0.25, -0.2) is 4.98 Å². The first-order valence-electron chi connectivity index (χ1n) is 7.35. The molecule has 0 bridgehead atoms. The summed E-state index contributed by atoms with van der Waals surface area (Å²) >= 11 is 6.01. The van der Waals surface area contributed by atoms with Crippen molar-refractivity contribution in [1.82, 2.24) is 15.2 Å². The smallest absolute Gasteiger partial charge is 0.226 e. The Labute approximate surface area is 142 Å². The Kier molecular flexibility index (Phi) is 6.26. The van der Waals surface area contributed by atoms with Crippen molar-refractivity contribution in [2.24, 2.45) is 0 Å². The Balaban J connectivity index is 0.00000176. The van der Waals surface area contributed by atoms with Crippen LogP contribution in [0.25, 0.3) is 11.5 Å². The lowest BCUT2D eigenvalue weighted by Crippen LogP contribution is -2.36. The highest BCUT2D eigenvalue weighted by Gasteiger charge is 2.24. The minimum absolute atomic E-state index is 0. The maximum absolute atomic E-state index is 6.01. The van der Waals surface area contributed by atoms with Crippen molar-refractivity contribution in [3.8, 4) is 11.5 Å². The highest BCUT2D eigenvalue weighted by Crippen LogP contribution is 2.24. The SMILES string of the molecule is CNCC1CCCN1Cc1coc(-c2cccc(Cl)c2)n1.Cl. The van der Waals surface area contributed by atoms with Gasteiger partial charge in [-0.05, 0) is 44.6 Å². The van der Waals surface area contributed by atoms with Crippen LogP contribution in [0.5, 0.6) is 0 Å². The first-order chi connectivity index (χ1) is 10.3. The van der Waals surface area contributed by atoms with Crippen LogP contribution in [0.2, 0.25) is 5.02 Å². The quantitative estimate of drug-likeness (QED) is 0.901. The van der Waals surface area contributed by atoms with E-state index in [1.165, 1.54) is 12.8 Å². The van der Waals surface area contributed by atoms with E-state index in [0.29, 0.717) is 17.0 Å². The topological polar surface area (TPSA) is 41.3 Å². The van der Waals surface area contributed by atoms with Crippen molar-refractivity contribution in [3.05, 3.63) is 41.2 Å². The Bertz CT molecular complexity index is 603. The molecule has 120 valence electrons. The monoisotopic (exact) mass is 341 g/mol. The molecule has 3 rings (SSSR count). The number of nitrogens with one attached hydrogen (secondary N) is 1. The summed E-state index contributed by atoms with van der Waals surface area (Å²) in [5, 5.41) is 3.96. The molecule has 1 aromatic heterocycles. The standard InChI is InChI=1S/C16H20ClN3O.ClH/c1-18-9-15-6-3-7-20(15)10-14-11-21-16(19-14)12-4-2-5-13(17)8-12;/h2,4-5,8,11,15,18H,3,6-7,9-10H2,1H3;1H. The van der Waals surface area contributed by atoms with E-state index < -0.39 is 0 Å². The zero-order valence-corrected chi connectivity index (χ0v) is 14.2. The van der Waals surface area contributed by atoms with E-state index in [-0.39, 0.29) is 12.4 Å². The summed E-state index contributed by atoms with van der Waals surface area (Å²) in [6.07, 6.45) is 4.26. The molecule has 1 unspecified atom stereocenters. The van der Waals surface area contributed by atoms with Crippen LogP contribution in [-0.4, -0.2) is 36.1 Å². The van der Waals surface area contributed by atoms with Crippen LogP contribution in [0.15, 0.2) is 34.9 Å². The molecule has 1 N–H and O–H groups in total. The number of hydrogen-bond acceptors (Lipinski definition) is 4. The Morgan fingerprint density at radius 1 is 1.45 bits per heavy atom. The molecule has 0 radical (unpaired) electrons. The van der Waals surface area contributed by atoms with E-state index in [9.17, 15) is 0 Å². The number of benzene rings is 1. The van der Waals surface area contributed by atoms with Gasteiger partial charge in [-0.1, -0.05) is 17.7 Å². The van der Waals surface area contributed by atoms with Gasteiger partial charge in [0.05, 0.1) is 5.69 Å². The summed E-state index contributed by atoms with van der Waals surface area (Å²) in [5.41, 5.74) is 1.90. The van der Waals surface area contributed by atoms with Gasteiger partial charge in [0.2, 0.25) is 5.89 Å². The van der Waals surface area contributed by atoms with Crippen LogP contribution in [0.4, 0.5) is 0 Å². The number of oxazole rings is 1. The number of aromatic nitrogens is 1. The van der Waals surface area contributed by atoms with Gasteiger partial charge in [0, 0.05) is 29.7 Å². The molecule has 0 aliphatic carbocycles. The Hall–Kier alpha value is -1.07. The molecule has 0 spiro atoms. The fraction of sp³-hybridized carbons (Fsp3) is 0.438. The van der Waals surface area contributed by atoms with Gasteiger partial charge >= 0.3 is 0 Å². The third kappa shape index (κ3) is 4.02. The first kappa shape index (κ1) is 17.3. The highest BCUT2D eigenvalue weighted by molar-refractivity contribution is 6.30. The molecule has 22 heavy (non-hydrogen) atoms. The number of halogens is 2. The van der Waals surface area contributed by atoms with Crippen molar-refractivity contribution in [2.45, 2.75) is 25.4 Å². The van der Waals surface area contributed by atoms with E-state index in [1.807, 2.05) is 31.3 Å². The minimum atomic E-state index is 0. The molecule has 0 amide bonds. The van der Waals surface area contributed by atoms with E-state index in [0.717, 1.165) is 30.9 Å². The molecule has 6 heteroatoms. The molecule has 1 fully saturated rings. The molecule has 0 saturated carbocycles. The second-order valence-electron chi connectivity index (χ2n) is 5.48. The lowest BCUT2D eigenvalue weighted by atomic mass is 10.2. The minimum Gasteiger partial charge on any atom is -0.444 e. The zero-order chi connectivity index (χ0) is 14.7. The van der Waals surface area contributed by atoms with Crippen LogP contribution in [0, 0.1) is 0 Å². The van der Waals surface area contributed by atoms with E-state index in [4.69, 9.17) is 16.0 Å². The fourth-order valence-corrected chi connectivity index (χ4v) is 3.10. The molecule has 1 aliphatic rings. The normalized spacial score (nSPS) is 18.4. The van der Waals surface area contributed by atoms with Crippen LogP contribution < -0.4 is 5.32 Å². The van der Waals surface area contributed by atoms with Gasteiger partial charge in [-0.3, -0.25) is 4.90 Å². The van der Waals surface area contributed by atoms with Gasteiger partial charge in [-0.2, -0.15) is 0 Å². The molecule has 1 aromatic carbocycles. The van der Waals surface area contributed by atoms with E-state index in [1.54, 1.807) is 6.26 Å². The van der Waals surface area contributed by atoms with Crippen LogP contribution in [-0.2, 0) is 6.54 Å². The van der Waals surface area contributed by atoms with Crippen LogP contribution in [0.3, 0.4) is 0 Å². The molecular weight excluding hydrogens is 321 g/mol. The summed E-state index contributed by atoms with van der Waals surface area (Å²) < 4.78 is 5.60. The first-order valence-corrected chi connectivity index (χ1v) is 7.73. The van der Waals surface area contributed by atoms with Gasteiger partial charge in [0.1, 0.15) is 6.26 Å². The average molecular weight is 342 g/mol. The second kappa shape index (κ2) is 7.97. The number of nitrogens with zero attached hydrogens (tertiary/aromatic N) is 2. The van der Waals surface area contributed by atoms with E-state index in [2.05, 4.69) is 15.2 Å². The molecule has 1 atom stereocenters. The summed E-state index contributed by atoms with van der Waals surface area (Å²) in [5.74, 6) is 0.636. The van der Waals surface area contributed by atoms with Crippen molar-refractivity contribution in [1.29, 1.82) is 0 Å². The summed E-state index contributed by atoms with van der Waals surface area (Å²) in [6.45, 7) is 3.00.